The second-order valence-electron chi connectivity index (χ2n) is 7.44. The molecule has 2 saturated heterocycles. The highest BCUT2D eigenvalue weighted by Gasteiger charge is 2.17. The highest BCUT2D eigenvalue weighted by molar-refractivity contribution is 6.30. The standard InChI is InChI=1S/C20H28ClN5O/c21-20-13-22-26(16-20)17-25-7-5-23(6-8-25)14-18-1-3-19(4-2-18)15-24-9-11-27-12-10-24/h1-4,13,16H,5-12,14-15,17H2. The molecule has 2 aromatic rings. The highest BCUT2D eigenvalue weighted by Crippen LogP contribution is 2.13. The summed E-state index contributed by atoms with van der Waals surface area (Å²) in [5, 5.41) is 4.97. The largest absolute Gasteiger partial charge is 0.379 e. The molecule has 2 fully saturated rings. The Morgan fingerprint density at radius 1 is 0.815 bits per heavy atom. The van der Waals surface area contributed by atoms with Gasteiger partial charge in [-0.05, 0) is 11.1 Å². The molecule has 2 aliphatic heterocycles. The van der Waals surface area contributed by atoms with Gasteiger partial charge in [-0.2, -0.15) is 5.10 Å². The van der Waals surface area contributed by atoms with Crippen molar-refractivity contribution in [3.63, 3.8) is 0 Å². The zero-order chi connectivity index (χ0) is 18.5. The van der Waals surface area contributed by atoms with Gasteiger partial charge in [-0.15, -0.1) is 0 Å². The number of hydrogen-bond donors (Lipinski definition) is 0. The van der Waals surface area contributed by atoms with Crippen LogP contribution in [0.15, 0.2) is 36.7 Å². The minimum atomic E-state index is 0.700. The van der Waals surface area contributed by atoms with Gasteiger partial charge >= 0.3 is 0 Å². The summed E-state index contributed by atoms with van der Waals surface area (Å²) in [4.78, 5) is 7.42. The topological polar surface area (TPSA) is 36.8 Å². The van der Waals surface area contributed by atoms with E-state index in [9.17, 15) is 0 Å². The number of hydrogen-bond acceptors (Lipinski definition) is 5. The van der Waals surface area contributed by atoms with E-state index < -0.39 is 0 Å². The minimum absolute atomic E-state index is 0.700. The number of aromatic nitrogens is 2. The van der Waals surface area contributed by atoms with Crippen LogP contribution >= 0.6 is 11.6 Å². The van der Waals surface area contributed by atoms with Crippen LogP contribution in [0.1, 0.15) is 11.1 Å². The summed E-state index contributed by atoms with van der Waals surface area (Å²) in [5.41, 5.74) is 2.79. The number of benzene rings is 1. The van der Waals surface area contributed by atoms with Gasteiger partial charge < -0.3 is 4.74 Å². The van der Waals surface area contributed by atoms with Crippen LogP contribution in [0, 0.1) is 0 Å². The van der Waals surface area contributed by atoms with Crippen molar-refractivity contribution in [3.8, 4) is 0 Å². The van der Waals surface area contributed by atoms with Crippen LogP contribution in [0.3, 0.4) is 0 Å². The lowest BCUT2D eigenvalue weighted by Crippen LogP contribution is -2.46. The van der Waals surface area contributed by atoms with Gasteiger partial charge in [-0.3, -0.25) is 19.4 Å². The average molecular weight is 390 g/mol. The fourth-order valence-electron chi connectivity index (χ4n) is 3.74. The maximum Gasteiger partial charge on any atom is 0.0930 e. The summed E-state index contributed by atoms with van der Waals surface area (Å²) < 4.78 is 7.33. The smallest absolute Gasteiger partial charge is 0.0930 e. The predicted molar refractivity (Wildman–Crippen MR) is 107 cm³/mol. The molecule has 0 spiro atoms. The summed E-state index contributed by atoms with van der Waals surface area (Å²) in [5.74, 6) is 0. The van der Waals surface area contributed by atoms with Crippen LogP contribution in [-0.2, 0) is 24.5 Å². The van der Waals surface area contributed by atoms with E-state index in [-0.39, 0.29) is 0 Å². The SMILES string of the molecule is Clc1cnn(CN2CCN(Cc3ccc(CN4CCOCC4)cc3)CC2)c1. The Balaban J connectivity index is 1.21. The van der Waals surface area contributed by atoms with Crippen molar-refractivity contribution in [1.82, 2.24) is 24.5 Å². The monoisotopic (exact) mass is 389 g/mol. The molecule has 0 unspecified atom stereocenters. The number of ether oxygens (including phenoxy) is 1. The van der Waals surface area contributed by atoms with E-state index in [0.717, 1.165) is 72.2 Å². The first kappa shape index (κ1) is 18.9. The third-order valence-electron chi connectivity index (χ3n) is 5.35. The van der Waals surface area contributed by atoms with Gasteiger partial charge in [-0.1, -0.05) is 35.9 Å². The van der Waals surface area contributed by atoms with Crippen LogP contribution < -0.4 is 0 Å². The molecule has 7 heteroatoms. The first-order chi connectivity index (χ1) is 13.2. The highest BCUT2D eigenvalue weighted by atomic mass is 35.5. The molecule has 0 bridgehead atoms. The summed E-state index contributed by atoms with van der Waals surface area (Å²) in [7, 11) is 0. The van der Waals surface area contributed by atoms with Crippen LogP contribution in [-0.4, -0.2) is 77.0 Å². The van der Waals surface area contributed by atoms with E-state index in [4.69, 9.17) is 16.3 Å². The molecule has 0 atom stereocenters. The van der Waals surface area contributed by atoms with Gasteiger partial charge in [0.05, 0.1) is 31.1 Å². The van der Waals surface area contributed by atoms with Crippen molar-refractivity contribution in [1.29, 1.82) is 0 Å². The Morgan fingerprint density at radius 2 is 1.37 bits per heavy atom. The maximum atomic E-state index is 5.94. The summed E-state index contributed by atoms with van der Waals surface area (Å²) >= 11 is 5.94. The summed E-state index contributed by atoms with van der Waals surface area (Å²) in [6.07, 6.45) is 3.58. The number of halogens is 1. The molecule has 0 saturated carbocycles. The second-order valence-corrected chi connectivity index (χ2v) is 7.88. The van der Waals surface area contributed by atoms with Gasteiger partial charge in [0.25, 0.3) is 0 Å². The molecule has 4 rings (SSSR count). The average Bonchev–Trinajstić information content (AvgIpc) is 3.10. The van der Waals surface area contributed by atoms with Crippen LogP contribution in [0.25, 0.3) is 0 Å². The van der Waals surface area contributed by atoms with Crippen molar-refractivity contribution in [2.45, 2.75) is 19.8 Å². The van der Waals surface area contributed by atoms with E-state index in [0.29, 0.717) is 5.02 Å². The molecule has 27 heavy (non-hydrogen) atoms. The Morgan fingerprint density at radius 3 is 1.93 bits per heavy atom. The molecule has 146 valence electrons. The predicted octanol–water partition coefficient (Wildman–Crippen LogP) is 2.14. The maximum absolute atomic E-state index is 5.94. The van der Waals surface area contributed by atoms with E-state index >= 15 is 0 Å². The van der Waals surface area contributed by atoms with Gasteiger partial charge in [0, 0.05) is 58.6 Å². The molecular formula is C20H28ClN5O. The molecule has 0 amide bonds. The van der Waals surface area contributed by atoms with E-state index in [1.54, 1.807) is 6.20 Å². The lowest BCUT2D eigenvalue weighted by Gasteiger charge is -2.34. The Kier molecular flexibility index (Phi) is 6.42. The van der Waals surface area contributed by atoms with Gasteiger partial charge in [0.2, 0.25) is 0 Å². The first-order valence-electron chi connectivity index (χ1n) is 9.75. The van der Waals surface area contributed by atoms with Crippen molar-refractivity contribution in [2.75, 3.05) is 52.5 Å². The minimum Gasteiger partial charge on any atom is -0.379 e. The second kappa shape index (κ2) is 9.17. The molecule has 1 aromatic carbocycles. The molecule has 0 N–H and O–H groups in total. The summed E-state index contributed by atoms with van der Waals surface area (Å²) in [6.45, 7) is 11.0. The molecule has 2 aliphatic rings. The van der Waals surface area contributed by atoms with Crippen molar-refractivity contribution >= 4 is 11.6 Å². The van der Waals surface area contributed by atoms with E-state index in [1.165, 1.54) is 11.1 Å². The number of nitrogens with zero attached hydrogens (tertiary/aromatic N) is 5. The molecule has 0 radical (unpaired) electrons. The third-order valence-corrected chi connectivity index (χ3v) is 5.55. The lowest BCUT2D eigenvalue weighted by atomic mass is 10.1. The number of rotatable bonds is 6. The Labute approximate surface area is 166 Å². The van der Waals surface area contributed by atoms with Crippen LogP contribution in [0.5, 0.6) is 0 Å². The van der Waals surface area contributed by atoms with Crippen molar-refractivity contribution in [2.24, 2.45) is 0 Å². The lowest BCUT2D eigenvalue weighted by molar-refractivity contribution is 0.0342. The zero-order valence-electron chi connectivity index (χ0n) is 15.8. The number of piperazine rings is 1. The normalized spacial score (nSPS) is 20.2. The van der Waals surface area contributed by atoms with Crippen LogP contribution in [0.2, 0.25) is 5.02 Å². The van der Waals surface area contributed by atoms with E-state index in [2.05, 4.69) is 44.1 Å². The molecular weight excluding hydrogens is 362 g/mol. The first-order valence-corrected chi connectivity index (χ1v) is 10.1. The van der Waals surface area contributed by atoms with Crippen molar-refractivity contribution in [3.05, 3.63) is 52.8 Å². The molecule has 6 nitrogen and oxygen atoms in total. The quantitative estimate of drug-likeness (QED) is 0.756. The summed E-state index contributed by atoms with van der Waals surface area (Å²) in [6, 6.07) is 9.13. The Hall–Kier alpha value is -1.44. The third kappa shape index (κ3) is 5.53. The zero-order valence-corrected chi connectivity index (χ0v) is 16.5. The fourth-order valence-corrected chi connectivity index (χ4v) is 3.89. The fraction of sp³-hybridized carbons (Fsp3) is 0.550. The number of morpholine rings is 1. The van der Waals surface area contributed by atoms with Gasteiger partial charge in [0.15, 0.2) is 0 Å². The van der Waals surface area contributed by atoms with Gasteiger partial charge in [-0.25, -0.2) is 0 Å². The van der Waals surface area contributed by atoms with E-state index in [1.807, 2.05) is 10.9 Å². The molecule has 0 aliphatic carbocycles. The Bertz CT molecular complexity index is 705. The van der Waals surface area contributed by atoms with Gasteiger partial charge in [0.1, 0.15) is 0 Å². The molecule has 3 heterocycles. The van der Waals surface area contributed by atoms with Crippen molar-refractivity contribution < 1.29 is 4.74 Å². The molecule has 1 aromatic heterocycles. The van der Waals surface area contributed by atoms with Crippen LogP contribution in [0.4, 0.5) is 0 Å².